The van der Waals surface area contributed by atoms with Gasteiger partial charge in [0.2, 0.25) is 0 Å². The molecule has 2 atom stereocenters. The van der Waals surface area contributed by atoms with Gasteiger partial charge in [0, 0.05) is 18.7 Å². The van der Waals surface area contributed by atoms with Crippen LogP contribution in [0.4, 0.5) is 0 Å². The molecular formula is C15H23NO3. The van der Waals surface area contributed by atoms with E-state index in [2.05, 4.69) is 18.3 Å². The van der Waals surface area contributed by atoms with Crippen LogP contribution in [0.25, 0.3) is 0 Å². The van der Waals surface area contributed by atoms with Crippen LogP contribution in [0.2, 0.25) is 0 Å². The van der Waals surface area contributed by atoms with Gasteiger partial charge in [0.1, 0.15) is 24.2 Å². The molecule has 1 aromatic rings. The van der Waals surface area contributed by atoms with Gasteiger partial charge in [0.15, 0.2) is 0 Å². The number of hydrogen-bond acceptors (Lipinski definition) is 4. The predicted molar refractivity (Wildman–Crippen MR) is 74.9 cm³/mol. The second-order valence-corrected chi connectivity index (χ2v) is 4.90. The largest absolute Gasteiger partial charge is 0.491 e. The number of benzene rings is 1. The lowest BCUT2D eigenvalue weighted by Crippen LogP contribution is -2.23. The van der Waals surface area contributed by atoms with Crippen LogP contribution in [0.1, 0.15) is 31.9 Å². The fourth-order valence-electron chi connectivity index (χ4n) is 2.25. The Morgan fingerprint density at radius 2 is 2.32 bits per heavy atom. The summed E-state index contributed by atoms with van der Waals surface area (Å²) >= 11 is 0. The van der Waals surface area contributed by atoms with Crippen molar-refractivity contribution in [2.45, 2.75) is 32.4 Å². The van der Waals surface area contributed by atoms with Crippen LogP contribution in [0.5, 0.6) is 11.5 Å². The minimum Gasteiger partial charge on any atom is -0.491 e. The van der Waals surface area contributed by atoms with Crippen molar-refractivity contribution in [3.8, 4) is 11.5 Å². The Morgan fingerprint density at radius 1 is 1.47 bits per heavy atom. The van der Waals surface area contributed by atoms with Crippen molar-refractivity contribution in [1.29, 1.82) is 0 Å². The van der Waals surface area contributed by atoms with Crippen molar-refractivity contribution in [1.82, 2.24) is 5.32 Å². The fraction of sp³-hybridized carbons (Fsp3) is 0.600. The number of rotatable bonds is 7. The summed E-state index contributed by atoms with van der Waals surface area (Å²) in [5.41, 5.74) is 1.22. The van der Waals surface area contributed by atoms with Crippen molar-refractivity contribution in [3.05, 3.63) is 23.8 Å². The highest BCUT2D eigenvalue weighted by Gasteiger charge is 2.23. The zero-order valence-corrected chi connectivity index (χ0v) is 11.9. The van der Waals surface area contributed by atoms with Gasteiger partial charge in [0.05, 0.1) is 12.6 Å². The van der Waals surface area contributed by atoms with E-state index in [1.54, 1.807) is 7.11 Å². The Labute approximate surface area is 115 Å². The third-order valence-corrected chi connectivity index (χ3v) is 3.15. The van der Waals surface area contributed by atoms with E-state index in [0.717, 1.165) is 24.5 Å². The van der Waals surface area contributed by atoms with Crippen molar-refractivity contribution >= 4 is 0 Å². The minimum atomic E-state index is 0.0402. The first-order valence-corrected chi connectivity index (χ1v) is 6.90. The molecule has 0 saturated heterocycles. The molecule has 1 N–H and O–H groups in total. The Morgan fingerprint density at radius 3 is 3.05 bits per heavy atom. The molecule has 2 unspecified atom stereocenters. The van der Waals surface area contributed by atoms with Gasteiger partial charge in [-0.05, 0) is 32.0 Å². The molecule has 1 aliphatic rings. The number of nitrogens with one attached hydrogen (secondary N) is 1. The molecule has 1 aliphatic heterocycles. The van der Waals surface area contributed by atoms with Crippen molar-refractivity contribution in [2.24, 2.45) is 0 Å². The summed E-state index contributed by atoms with van der Waals surface area (Å²) < 4.78 is 16.6. The summed E-state index contributed by atoms with van der Waals surface area (Å²) in [4.78, 5) is 0. The average Bonchev–Trinajstić information content (AvgIpc) is 2.79. The Balaban J connectivity index is 2.00. The number of methoxy groups -OCH3 is 1. The smallest absolute Gasteiger partial charge is 0.128 e. The SMILES string of the molecule is CCCNC1COc2cc(OC(C)COC)ccc21. The molecule has 19 heavy (non-hydrogen) atoms. The fourth-order valence-corrected chi connectivity index (χ4v) is 2.25. The molecule has 0 saturated carbocycles. The zero-order chi connectivity index (χ0) is 13.7. The molecule has 0 amide bonds. The van der Waals surface area contributed by atoms with Crippen LogP contribution in [0.15, 0.2) is 18.2 Å². The van der Waals surface area contributed by atoms with Crippen LogP contribution >= 0.6 is 0 Å². The van der Waals surface area contributed by atoms with Crippen LogP contribution in [-0.2, 0) is 4.74 Å². The van der Waals surface area contributed by atoms with Gasteiger partial charge in [-0.15, -0.1) is 0 Å². The Kier molecular flexibility index (Phi) is 5.05. The summed E-state index contributed by atoms with van der Waals surface area (Å²) in [6.45, 7) is 6.45. The minimum absolute atomic E-state index is 0.0402. The summed E-state index contributed by atoms with van der Waals surface area (Å²) in [6.07, 6.45) is 1.17. The molecule has 0 spiro atoms. The van der Waals surface area contributed by atoms with Crippen LogP contribution in [-0.4, -0.2) is 33.0 Å². The zero-order valence-electron chi connectivity index (χ0n) is 11.9. The number of hydrogen-bond donors (Lipinski definition) is 1. The van der Waals surface area contributed by atoms with E-state index < -0.39 is 0 Å². The molecule has 1 heterocycles. The summed E-state index contributed by atoms with van der Waals surface area (Å²) in [5, 5.41) is 3.48. The van der Waals surface area contributed by atoms with Gasteiger partial charge in [-0.3, -0.25) is 0 Å². The van der Waals surface area contributed by atoms with Crippen LogP contribution < -0.4 is 14.8 Å². The second-order valence-electron chi connectivity index (χ2n) is 4.90. The highest BCUT2D eigenvalue weighted by molar-refractivity contribution is 5.45. The van der Waals surface area contributed by atoms with Gasteiger partial charge < -0.3 is 19.5 Å². The van der Waals surface area contributed by atoms with E-state index in [-0.39, 0.29) is 6.10 Å². The standard InChI is InChI=1S/C15H23NO3/c1-4-7-16-14-10-18-15-8-12(5-6-13(14)15)19-11(2)9-17-3/h5-6,8,11,14,16H,4,7,9-10H2,1-3H3. The van der Waals surface area contributed by atoms with E-state index in [1.807, 2.05) is 19.1 Å². The maximum absolute atomic E-state index is 5.77. The first-order chi connectivity index (χ1) is 9.24. The Hall–Kier alpha value is -1.26. The van der Waals surface area contributed by atoms with Gasteiger partial charge in [-0.25, -0.2) is 0 Å². The highest BCUT2D eigenvalue weighted by atomic mass is 16.5. The van der Waals surface area contributed by atoms with Crippen molar-refractivity contribution in [2.75, 3.05) is 26.9 Å². The molecule has 0 bridgehead atoms. The monoisotopic (exact) mass is 265 g/mol. The molecule has 0 aliphatic carbocycles. The maximum atomic E-state index is 5.77. The molecule has 0 radical (unpaired) electrons. The Bertz CT molecular complexity index is 408. The third-order valence-electron chi connectivity index (χ3n) is 3.15. The molecule has 0 aromatic heterocycles. The van der Waals surface area contributed by atoms with E-state index in [1.165, 1.54) is 5.56 Å². The lowest BCUT2D eigenvalue weighted by Gasteiger charge is -2.14. The predicted octanol–water partition coefficient (Wildman–Crippen LogP) is 2.53. The van der Waals surface area contributed by atoms with Crippen LogP contribution in [0, 0.1) is 0 Å². The molecule has 1 aromatic carbocycles. The molecule has 4 nitrogen and oxygen atoms in total. The molecule has 4 heteroatoms. The lowest BCUT2D eigenvalue weighted by molar-refractivity contribution is 0.0919. The average molecular weight is 265 g/mol. The maximum Gasteiger partial charge on any atom is 0.128 e. The van der Waals surface area contributed by atoms with E-state index in [9.17, 15) is 0 Å². The lowest BCUT2D eigenvalue weighted by atomic mass is 10.1. The van der Waals surface area contributed by atoms with Gasteiger partial charge in [-0.1, -0.05) is 6.92 Å². The molecular weight excluding hydrogens is 242 g/mol. The summed E-state index contributed by atoms with van der Waals surface area (Å²) in [5.74, 6) is 1.76. The number of ether oxygens (including phenoxy) is 3. The van der Waals surface area contributed by atoms with Gasteiger partial charge >= 0.3 is 0 Å². The van der Waals surface area contributed by atoms with Gasteiger partial charge in [0.25, 0.3) is 0 Å². The summed E-state index contributed by atoms with van der Waals surface area (Å²) in [6, 6.07) is 6.36. The molecule has 0 fully saturated rings. The normalized spacial score (nSPS) is 18.8. The quantitative estimate of drug-likeness (QED) is 0.822. The first kappa shape index (κ1) is 14.2. The summed E-state index contributed by atoms with van der Waals surface area (Å²) in [7, 11) is 1.68. The van der Waals surface area contributed by atoms with Gasteiger partial charge in [-0.2, -0.15) is 0 Å². The van der Waals surface area contributed by atoms with E-state index in [4.69, 9.17) is 14.2 Å². The van der Waals surface area contributed by atoms with Crippen molar-refractivity contribution in [3.63, 3.8) is 0 Å². The number of fused-ring (bicyclic) bond motifs is 1. The molecule has 2 rings (SSSR count). The third kappa shape index (κ3) is 3.61. The van der Waals surface area contributed by atoms with Crippen LogP contribution in [0.3, 0.4) is 0 Å². The molecule has 106 valence electrons. The second kappa shape index (κ2) is 6.78. The van der Waals surface area contributed by atoms with Crippen molar-refractivity contribution < 1.29 is 14.2 Å². The van der Waals surface area contributed by atoms with E-state index in [0.29, 0.717) is 19.3 Å². The van der Waals surface area contributed by atoms with E-state index >= 15 is 0 Å². The highest BCUT2D eigenvalue weighted by Crippen LogP contribution is 2.35. The topological polar surface area (TPSA) is 39.7 Å². The first-order valence-electron chi connectivity index (χ1n) is 6.90.